The Morgan fingerprint density at radius 2 is 1.73 bits per heavy atom. The zero-order chi connectivity index (χ0) is 22.3. The van der Waals surface area contributed by atoms with Gasteiger partial charge in [0.05, 0.1) is 10.0 Å². The molecule has 0 spiro atoms. The van der Waals surface area contributed by atoms with Gasteiger partial charge < -0.3 is 20.7 Å². The first-order valence-electron chi connectivity index (χ1n) is 8.69. The van der Waals surface area contributed by atoms with Crippen LogP contribution in [-0.4, -0.2) is 27.6 Å². The van der Waals surface area contributed by atoms with Gasteiger partial charge in [-0.05, 0) is 54.5 Å². The van der Waals surface area contributed by atoms with E-state index in [-0.39, 0.29) is 11.7 Å². The van der Waals surface area contributed by atoms with Gasteiger partial charge in [-0.1, -0.05) is 77.1 Å². The molecule has 0 aromatic heterocycles. The number of hydrogen-bond acceptors (Lipinski definition) is 3. The highest BCUT2D eigenvalue weighted by Crippen LogP contribution is 2.29. The molecule has 3 N–H and O–H groups in total. The van der Waals surface area contributed by atoms with Crippen LogP contribution in [0.4, 0.5) is 5.69 Å². The predicted octanol–water partition coefficient (Wildman–Crippen LogP) is 5.73. The molecule has 5 nitrogen and oxygen atoms in total. The molecule has 0 bridgehead atoms. The number of carbonyl (C=O) groups is 1. The third-order valence-electron chi connectivity index (χ3n) is 3.79. The SMILES string of the molecule is CCc1ccc(OCC(=O)N[C@@H](NC(=S)Nc2ccc(Cl)c(Cl)c2)C(Cl)(Cl)Cl)cc1. The summed E-state index contributed by atoms with van der Waals surface area (Å²) < 4.78 is 3.57. The van der Waals surface area contributed by atoms with Crippen molar-refractivity contribution < 1.29 is 9.53 Å². The van der Waals surface area contributed by atoms with Gasteiger partial charge in [0.2, 0.25) is 3.79 Å². The molecule has 0 aliphatic heterocycles. The molecular formula is C19H18Cl5N3O2S. The van der Waals surface area contributed by atoms with E-state index in [4.69, 9.17) is 75.0 Å². The molecule has 0 aliphatic rings. The van der Waals surface area contributed by atoms with Crippen molar-refractivity contribution in [3.63, 3.8) is 0 Å². The number of carbonyl (C=O) groups excluding carboxylic acids is 1. The lowest BCUT2D eigenvalue weighted by atomic mass is 10.2. The summed E-state index contributed by atoms with van der Waals surface area (Å²) in [5, 5.41) is 9.00. The van der Waals surface area contributed by atoms with Crippen LogP contribution in [-0.2, 0) is 11.2 Å². The van der Waals surface area contributed by atoms with Crippen LogP contribution in [0.25, 0.3) is 0 Å². The lowest BCUT2D eigenvalue weighted by molar-refractivity contribution is -0.123. The average Bonchev–Trinajstić information content (AvgIpc) is 2.68. The first kappa shape index (κ1) is 25.1. The minimum Gasteiger partial charge on any atom is -0.484 e. The molecule has 0 unspecified atom stereocenters. The molecule has 0 radical (unpaired) electrons. The van der Waals surface area contributed by atoms with E-state index in [1.807, 2.05) is 19.1 Å². The second-order valence-electron chi connectivity index (χ2n) is 6.06. The zero-order valence-electron chi connectivity index (χ0n) is 15.6. The fraction of sp³-hybridized carbons (Fsp3) is 0.263. The van der Waals surface area contributed by atoms with Crippen LogP contribution < -0.4 is 20.7 Å². The quantitative estimate of drug-likeness (QED) is 0.243. The van der Waals surface area contributed by atoms with Gasteiger partial charge in [0.1, 0.15) is 11.9 Å². The molecule has 0 fully saturated rings. The first-order valence-corrected chi connectivity index (χ1v) is 11.0. The summed E-state index contributed by atoms with van der Waals surface area (Å²) in [7, 11) is 0. The van der Waals surface area contributed by atoms with Crippen LogP contribution in [0.3, 0.4) is 0 Å². The number of alkyl halides is 3. The van der Waals surface area contributed by atoms with E-state index in [1.165, 1.54) is 0 Å². The van der Waals surface area contributed by atoms with Crippen LogP contribution >= 0.6 is 70.2 Å². The molecule has 1 amide bonds. The largest absolute Gasteiger partial charge is 0.484 e. The maximum absolute atomic E-state index is 12.3. The highest BCUT2D eigenvalue weighted by Gasteiger charge is 2.34. The number of ether oxygens (including phenoxy) is 1. The summed E-state index contributed by atoms with van der Waals surface area (Å²) in [4.78, 5) is 12.3. The maximum Gasteiger partial charge on any atom is 0.259 e. The molecule has 2 rings (SSSR count). The number of nitrogens with one attached hydrogen (secondary N) is 3. The van der Waals surface area contributed by atoms with Crippen LogP contribution in [0.15, 0.2) is 42.5 Å². The average molecular weight is 530 g/mol. The summed E-state index contributed by atoms with van der Waals surface area (Å²) in [6, 6.07) is 12.3. The van der Waals surface area contributed by atoms with Gasteiger partial charge >= 0.3 is 0 Å². The molecule has 0 aliphatic carbocycles. The van der Waals surface area contributed by atoms with E-state index < -0.39 is 15.9 Å². The van der Waals surface area contributed by atoms with E-state index in [0.717, 1.165) is 12.0 Å². The van der Waals surface area contributed by atoms with Gasteiger partial charge in [-0.3, -0.25) is 4.79 Å². The number of benzene rings is 2. The van der Waals surface area contributed by atoms with Crippen molar-refractivity contribution in [3.05, 3.63) is 58.1 Å². The zero-order valence-corrected chi connectivity index (χ0v) is 20.2. The van der Waals surface area contributed by atoms with Gasteiger partial charge in [-0.25, -0.2) is 0 Å². The lowest BCUT2D eigenvalue weighted by Crippen LogP contribution is -2.56. The minimum atomic E-state index is -1.89. The summed E-state index contributed by atoms with van der Waals surface area (Å²) in [6.07, 6.45) is -0.211. The van der Waals surface area contributed by atoms with Crippen LogP contribution in [0.1, 0.15) is 12.5 Å². The van der Waals surface area contributed by atoms with Crippen molar-refractivity contribution in [1.29, 1.82) is 0 Å². The smallest absolute Gasteiger partial charge is 0.259 e. The number of rotatable bonds is 7. The Hall–Kier alpha value is -1.15. The molecule has 11 heteroatoms. The first-order chi connectivity index (χ1) is 14.1. The van der Waals surface area contributed by atoms with Gasteiger partial charge in [0.15, 0.2) is 11.7 Å². The monoisotopic (exact) mass is 527 g/mol. The normalized spacial score (nSPS) is 12.1. The van der Waals surface area contributed by atoms with E-state index >= 15 is 0 Å². The third-order valence-corrected chi connectivity index (χ3v) is 5.40. The lowest BCUT2D eigenvalue weighted by Gasteiger charge is -2.27. The Kier molecular flexibility index (Phi) is 9.60. The Morgan fingerprint density at radius 3 is 2.30 bits per heavy atom. The molecule has 2 aromatic rings. The number of thiocarbonyl (C=S) groups is 1. The van der Waals surface area contributed by atoms with E-state index in [9.17, 15) is 4.79 Å². The summed E-state index contributed by atoms with van der Waals surface area (Å²) in [5.74, 6) is 0.0493. The van der Waals surface area contributed by atoms with E-state index in [0.29, 0.717) is 21.5 Å². The minimum absolute atomic E-state index is 0.0982. The Balaban J connectivity index is 1.93. The second-order valence-corrected chi connectivity index (χ2v) is 9.65. The number of amides is 1. The Labute approximate surface area is 205 Å². The predicted molar refractivity (Wildman–Crippen MR) is 129 cm³/mol. The maximum atomic E-state index is 12.3. The van der Waals surface area contributed by atoms with Crippen molar-refractivity contribution in [2.75, 3.05) is 11.9 Å². The van der Waals surface area contributed by atoms with Crippen LogP contribution in [0.5, 0.6) is 5.75 Å². The van der Waals surface area contributed by atoms with Gasteiger partial charge in [-0.2, -0.15) is 0 Å². The molecule has 30 heavy (non-hydrogen) atoms. The third kappa shape index (κ3) is 8.17. The van der Waals surface area contributed by atoms with E-state index in [1.54, 1.807) is 30.3 Å². The van der Waals surface area contributed by atoms with E-state index in [2.05, 4.69) is 16.0 Å². The fourth-order valence-corrected chi connectivity index (χ4v) is 3.11. The van der Waals surface area contributed by atoms with Gasteiger partial charge in [0.25, 0.3) is 5.91 Å². The molecule has 2 aromatic carbocycles. The Bertz CT molecular complexity index is 891. The number of hydrogen-bond donors (Lipinski definition) is 3. The standard InChI is InChI=1S/C19H18Cl5N3O2S/c1-2-11-3-6-13(7-4-11)29-10-16(28)26-17(19(22,23)24)27-18(30)25-12-5-8-14(20)15(21)9-12/h3-9,17H,2,10H2,1H3,(H,26,28)(H2,25,27,30)/t17-/m0/s1. The van der Waals surface area contributed by atoms with Gasteiger partial charge in [0, 0.05) is 5.69 Å². The van der Waals surface area contributed by atoms with Crippen molar-refractivity contribution in [2.45, 2.75) is 23.3 Å². The highest BCUT2D eigenvalue weighted by atomic mass is 35.6. The summed E-state index contributed by atoms with van der Waals surface area (Å²) in [6.45, 7) is 1.78. The van der Waals surface area contributed by atoms with Crippen molar-refractivity contribution >= 4 is 86.9 Å². The topological polar surface area (TPSA) is 62.4 Å². The summed E-state index contributed by atoms with van der Waals surface area (Å²) in [5.41, 5.74) is 1.73. The molecule has 1 atom stereocenters. The van der Waals surface area contributed by atoms with Crippen LogP contribution in [0.2, 0.25) is 10.0 Å². The number of anilines is 1. The van der Waals surface area contributed by atoms with Gasteiger partial charge in [-0.15, -0.1) is 0 Å². The Morgan fingerprint density at radius 1 is 1.07 bits per heavy atom. The fourth-order valence-electron chi connectivity index (χ4n) is 2.24. The molecular weight excluding hydrogens is 512 g/mol. The molecule has 0 saturated carbocycles. The molecule has 162 valence electrons. The summed E-state index contributed by atoms with van der Waals surface area (Å²) >= 11 is 35.0. The second kappa shape index (κ2) is 11.5. The number of aryl methyl sites for hydroxylation is 1. The van der Waals surface area contributed by atoms with Crippen molar-refractivity contribution in [1.82, 2.24) is 10.6 Å². The van der Waals surface area contributed by atoms with Crippen molar-refractivity contribution in [2.24, 2.45) is 0 Å². The van der Waals surface area contributed by atoms with Crippen LogP contribution in [0, 0.1) is 0 Å². The highest BCUT2D eigenvalue weighted by molar-refractivity contribution is 7.80. The molecule has 0 heterocycles. The number of halogens is 5. The molecule has 0 saturated heterocycles. The van der Waals surface area contributed by atoms with Crippen molar-refractivity contribution in [3.8, 4) is 5.75 Å².